The number of methoxy groups -OCH3 is 3. The Bertz CT molecular complexity index is 4130. The van der Waals surface area contributed by atoms with E-state index < -0.39 is 86.5 Å². The number of anilines is 1. The van der Waals surface area contributed by atoms with Crippen LogP contribution >= 0.6 is 0 Å². The summed E-state index contributed by atoms with van der Waals surface area (Å²) in [7, 11) is 7.12. The molecule has 2 heterocycles. The van der Waals surface area contributed by atoms with E-state index in [4.69, 9.17) is 53.1 Å². The average Bonchev–Trinajstić information content (AvgIpc) is 0.746. The summed E-state index contributed by atoms with van der Waals surface area (Å²) in [5.41, 5.74) is 2.17. The molecule has 25 nitrogen and oxygen atoms in total. The van der Waals surface area contributed by atoms with Crippen molar-refractivity contribution in [2.75, 3.05) is 160 Å². The number of alkyl halides is 9. The minimum Gasteiger partial charge on any atom is -0.748 e. The molecule has 5 saturated carbocycles. The topological polar surface area (TPSA) is 312 Å². The lowest BCUT2D eigenvalue weighted by Gasteiger charge is -2.55. The second-order valence-electron chi connectivity index (χ2n) is 39.9. The molecule has 2 aliphatic heterocycles. The molecule has 6 fully saturated rings. The van der Waals surface area contributed by atoms with Crippen LogP contribution < -0.4 is 5.73 Å². The van der Waals surface area contributed by atoms with Gasteiger partial charge in [-0.2, -0.15) is 39.5 Å². The number of nitrogens with zero attached hydrogens (tertiary/aromatic N) is 4. The van der Waals surface area contributed by atoms with Crippen molar-refractivity contribution >= 4 is 51.1 Å². The summed E-state index contributed by atoms with van der Waals surface area (Å²) >= 11 is 0. The number of quaternary nitrogens is 1. The molecule has 0 amide bonds. The Morgan fingerprint density at radius 3 is 1.49 bits per heavy atom. The number of carbonyl (C=O) groups excluding carboxylic acids is 4. The molecule has 778 valence electrons. The van der Waals surface area contributed by atoms with E-state index in [-0.39, 0.29) is 48.6 Å². The Kier molecular flexibility index (Phi) is 52.9. The number of carbonyl (C=O) groups is 4. The summed E-state index contributed by atoms with van der Waals surface area (Å²) in [6, 6.07) is 35.6. The average molecular weight is 1970 g/mol. The van der Waals surface area contributed by atoms with Gasteiger partial charge in [0.15, 0.2) is 11.2 Å². The molecule has 0 aromatic heterocycles. The monoisotopic (exact) mass is 1970 g/mol. The van der Waals surface area contributed by atoms with E-state index in [0.29, 0.717) is 104 Å². The first-order valence-corrected chi connectivity index (χ1v) is 48.9. The third kappa shape index (κ3) is 43.6. The standard InChI is InChI=1S/C15H27F3O3.C14H11N.C13H23NO3.C13H20O5S.C12H18F6O3.C12H27NO6.C12H19N.C10H16N/c1-7-13(4,5)12(19)21-11(8-10(2)3)9-14(6,20)15(16,17)18;1-2-6-11(7-3-1)14-10-12-8-4-5-9-13(12)15-14;15-13(12-4-2-1-3-5-12)17-11-8-14-6-9-16-10-7-14;14-12(18-1-2-19(15,16)17)13-6-9-3-10(7-13)5-11(4-9)8-13;1-6-8(2,3)7(19)21-9(4,5)10(20,11(13,14)15)12(16,17)18;1-14-10-17-7-4-13(5-8-18-11-15-2)6-9-19-12-16-3;1-8(2)10-6-5-7-11(9(3)4)12(10)13;1-11(2,3)9-10-7-5-4-6-8-10/h10-11,20H,7-9H2,1-6H3;1-9H,10H2;12H,1-11H2;9-11H,1-8H2,(H,15,16,17);20H,6H2,1-5H3;4-12H2,1-3H3;5-9H,13H2,1-4H3;4-8H,9H2,1-3H3/q;;;;;;;+1/p-1. The number of hydrogen-bond acceptors (Lipinski definition) is 24. The van der Waals surface area contributed by atoms with Crippen LogP contribution in [0.15, 0.2) is 108 Å². The first kappa shape index (κ1) is 123. The predicted molar refractivity (Wildman–Crippen MR) is 507 cm³/mol. The number of rotatable bonds is 39. The smallest absolute Gasteiger partial charge is 0.430 e. The zero-order valence-corrected chi connectivity index (χ0v) is 85.2. The summed E-state index contributed by atoms with van der Waals surface area (Å²) in [5, 5.41) is 18.9. The van der Waals surface area contributed by atoms with Crippen molar-refractivity contribution in [2.24, 2.45) is 50.8 Å². The van der Waals surface area contributed by atoms with Crippen LogP contribution in [0.4, 0.5) is 50.9 Å². The maximum absolute atomic E-state index is 12.8. The van der Waals surface area contributed by atoms with Gasteiger partial charge in [-0.05, 0) is 183 Å². The number of ether oxygens (including phenoxy) is 11. The van der Waals surface area contributed by atoms with E-state index in [1.807, 2.05) is 32.9 Å². The van der Waals surface area contributed by atoms with E-state index in [1.54, 1.807) is 35.2 Å². The van der Waals surface area contributed by atoms with E-state index in [9.17, 15) is 81.9 Å². The maximum atomic E-state index is 12.8. The maximum Gasteiger partial charge on any atom is 0.430 e. The normalized spacial score (nSPS) is 18.7. The molecule has 4 bridgehead atoms. The number of morpholine rings is 1. The number of hydrogen-bond donors (Lipinski definition) is 3. The van der Waals surface area contributed by atoms with E-state index in [2.05, 4.69) is 159 Å². The van der Waals surface area contributed by atoms with Gasteiger partial charge in [-0.25, -0.2) is 8.42 Å². The lowest BCUT2D eigenvalue weighted by molar-refractivity contribution is -0.884. The van der Waals surface area contributed by atoms with Crippen LogP contribution in [0.1, 0.15) is 240 Å². The quantitative estimate of drug-likeness (QED) is 0.00546. The highest BCUT2D eigenvalue weighted by Gasteiger charge is 2.79. The number of nitrogens with two attached hydrogens (primary N) is 1. The van der Waals surface area contributed by atoms with Crippen LogP contribution in [0.3, 0.4) is 0 Å². The Balaban J connectivity index is 0.000000402. The number of esters is 4. The van der Waals surface area contributed by atoms with Gasteiger partial charge in [0.2, 0.25) is 0 Å². The van der Waals surface area contributed by atoms with Crippen molar-refractivity contribution in [1.29, 1.82) is 0 Å². The second-order valence-corrected chi connectivity index (χ2v) is 41.4. The van der Waals surface area contributed by atoms with E-state index >= 15 is 0 Å². The number of halogens is 9. The highest BCUT2D eigenvalue weighted by molar-refractivity contribution is 7.85. The fraction of sp³-hybridized carbons (Fsp3) is 0.713. The van der Waals surface area contributed by atoms with Crippen LogP contribution in [-0.2, 0) is 94.4 Å². The predicted octanol–water partition coefficient (Wildman–Crippen LogP) is 19.3. The second kappa shape index (κ2) is 58.4. The van der Waals surface area contributed by atoms with Gasteiger partial charge < -0.3 is 77.1 Å². The Hall–Kier alpha value is -6.97. The number of aliphatic hydroxyl groups is 2. The third-order valence-electron chi connectivity index (χ3n) is 24.8. The molecule has 0 spiro atoms. The van der Waals surface area contributed by atoms with Crippen LogP contribution in [0.25, 0.3) is 0 Å². The molecular weight excluding hydrogens is 1810 g/mol. The van der Waals surface area contributed by atoms with Crippen molar-refractivity contribution in [1.82, 2.24) is 9.80 Å². The summed E-state index contributed by atoms with van der Waals surface area (Å²) in [6.07, 6.45) is -4.52. The van der Waals surface area contributed by atoms with Gasteiger partial charge in [0.1, 0.15) is 46.2 Å². The van der Waals surface area contributed by atoms with Crippen LogP contribution in [0.5, 0.6) is 0 Å². The molecule has 35 heteroatoms. The van der Waals surface area contributed by atoms with Crippen LogP contribution in [0, 0.1) is 45.8 Å². The highest BCUT2D eigenvalue weighted by Crippen LogP contribution is 2.61. The fourth-order valence-electron chi connectivity index (χ4n) is 16.5. The molecule has 4 aromatic carbocycles. The molecule has 4 N–H and O–H groups in total. The van der Waals surface area contributed by atoms with Crippen molar-refractivity contribution in [3.05, 3.63) is 131 Å². The molecule has 2 unspecified atom stereocenters. The first-order valence-electron chi connectivity index (χ1n) is 47.3. The Labute approximate surface area is 803 Å². The Morgan fingerprint density at radius 2 is 1.07 bits per heavy atom. The largest absolute Gasteiger partial charge is 0.748 e. The van der Waals surface area contributed by atoms with Crippen molar-refractivity contribution in [3.8, 4) is 0 Å². The lowest BCUT2D eigenvalue weighted by Crippen LogP contribution is -2.70. The Morgan fingerprint density at radius 1 is 0.610 bits per heavy atom. The summed E-state index contributed by atoms with van der Waals surface area (Å²) in [4.78, 5) is 56.9. The summed E-state index contributed by atoms with van der Waals surface area (Å²) < 4.78 is 203. The lowest BCUT2D eigenvalue weighted by atomic mass is 9.49. The minimum atomic E-state index is -6.06. The van der Waals surface area contributed by atoms with Crippen molar-refractivity contribution in [2.45, 2.75) is 266 Å². The van der Waals surface area contributed by atoms with Crippen molar-refractivity contribution in [3.63, 3.8) is 0 Å². The zero-order valence-electron chi connectivity index (χ0n) is 84.4. The van der Waals surface area contributed by atoms with Crippen LogP contribution in [0.2, 0.25) is 0 Å². The molecular formula is C101H160F9N5O20S. The fourth-order valence-corrected chi connectivity index (χ4v) is 16.8. The molecule has 4 aromatic rings. The number of para-hydroxylation sites is 2. The van der Waals surface area contributed by atoms with Gasteiger partial charge in [0.05, 0.1) is 104 Å². The summed E-state index contributed by atoms with van der Waals surface area (Å²) in [6.45, 7) is 34.0. The molecule has 5 aliphatic carbocycles. The number of fused-ring (bicyclic) bond motifs is 1. The highest BCUT2D eigenvalue weighted by atomic mass is 32.2. The van der Waals surface area contributed by atoms with Gasteiger partial charge in [-0.15, -0.1) is 0 Å². The molecule has 0 radical (unpaired) electrons. The first-order chi connectivity index (χ1) is 63.3. The molecule has 2 atom stereocenters. The van der Waals surface area contributed by atoms with E-state index in [1.165, 1.54) is 92.8 Å². The number of aliphatic imine (C=N–C) groups is 1. The van der Waals surface area contributed by atoms with Gasteiger partial charge in [-0.3, -0.25) is 34.0 Å². The van der Waals surface area contributed by atoms with Gasteiger partial charge >= 0.3 is 42.4 Å². The minimum absolute atomic E-state index is 0.0259. The summed E-state index contributed by atoms with van der Waals surface area (Å²) in [5.74, 6) is 0.516. The number of nitrogen functional groups attached to an aromatic ring is 1. The molecule has 11 rings (SSSR count). The van der Waals surface area contributed by atoms with Crippen molar-refractivity contribution < 1.29 is 138 Å². The third-order valence-corrected chi connectivity index (χ3v) is 25.4. The molecule has 7 aliphatic rings. The number of benzene rings is 4. The van der Waals surface area contributed by atoms with Gasteiger partial charge in [0, 0.05) is 84.7 Å². The van der Waals surface area contributed by atoms with Gasteiger partial charge in [-0.1, -0.05) is 172 Å². The molecule has 136 heavy (non-hydrogen) atoms. The van der Waals surface area contributed by atoms with Crippen LogP contribution in [-0.4, -0.2) is 263 Å². The molecule has 1 saturated heterocycles. The van der Waals surface area contributed by atoms with E-state index in [0.717, 1.165) is 113 Å². The van der Waals surface area contributed by atoms with Gasteiger partial charge in [0.25, 0.3) is 5.60 Å². The SMILES string of the molecule is CC(C)c1cccc(C(C)C)c1N.CCC(C)(C)C(=O)OC(C)(C)C(O)(C(F)(F)F)C(F)(F)F.CCC(C)(C)C(=O)OC(CC(C)C)CC(C)(O)C(F)(F)F.COCOCCN(CCOCOC)CCOCOC.C[N+](C)(C)Cc1ccccc1.O=C(OCCN1CCOCC1)C1CCCCC1.O=C(OCCS(=O)(=O)[O-])C12CC3CC(CC(C3)C1)C2.c1ccc(C2=Nc3ccccc3C2)cc1. The zero-order chi connectivity index (χ0) is 103.